The number of pyridine rings is 1. The van der Waals surface area contributed by atoms with Gasteiger partial charge >= 0.3 is 0 Å². The van der Waals surface area contributed by atoms with Crippen LogP contribution in [0.4, 0.5) is 5.69 Å². The number of nitrogens with zero attached hydrogens (tertiary/aromatic N) is 2. The van der Waals surface area contributed by atoms with Crippen LogP contribution in [0.15, 0.2) is 78.5 Å². The van der Waals surface area contributed by atoms with Gasteiger partial charge in [0.2, 0.25) is 0 Å². The van der Waals surface area contributed by atoms with E-state index in [4.69, 9.17) is 9.29 Å². The van der Waals surface area contributed by atoms with E-state index in [-0.39, 0.29) is 12.0 Å². The van der Waals surface area contributed by atoms with E-state index in [1.54, 1.807) is 0 Å². The lowest BCUT2D eigenvalue weighted by atomic mass is 10.0. The molecule has 2 N–H and O–H groups in total. The van der Waals surface area contributed by atoms with E-state index in [1.165, 1.54) is 31.4 Å². The number of allylic oxidation sites excluding steroid dienone is 3. The van der Waals surface area contributed by atoms with Gasteiger partial charge in [0, 0.05) is 52.3 Å². The van der Waals surface area contributed by atoms with Crippen molar-refractivity contribution >= 4 is 38.2 Å². The molecular weight excluding hydrogens is 550 g/mol. The molecule has 42 heavy (non-hydrogen) atoms. The molecule has 8 nitrogen and oxygen atoms in total. The lowest BCUT2D eigenvalue weighted by Crippen LogP contribution is -2.25. The molecule has 5 rings (SSSR count). The summed E-state index contributed by atoms with van der Waals surface area (Å²) in [6.45, 7) is 8.55. The second-order valence-corrected chi connectivity index (χ2v) is 12.0. The van der Waals surface area contributed by atoms with Gasteiger partial charge in [0.1, 0.15) is 11.9 Å². The Hall–Kier alpha value is -3.95. The molecular formula is C33H39N3O5S. The van der Waals surface area contributed by atoms with E-state index >= 15 is 0 Å². The summed E-state index contributed by atoms with van der Waals surface area (Å²) in [5.41, 5.74) is 6.60. The van der Waals surface area contributed by atoms with Crippen LogP contribution in [-0.2, 0) is 10.1 Å². The van der Waals surface area contributed by atoms with Crippen molar-refractivity contribution in [2.75, 3.05) is 24.2 Å². The highest BCUT2D eigenvalue weighted by Gasteiger charge is 2.29. The van der Waals surface area contributed by atoms with Gasteiger partial charge in [-0.3, -0.25) is 14.3 Å². The minimum atomic E-state index is -3.67. The minimum absolute atomic E-state index is 0.143. The zero-order chi connectivity index (χ0) is 30.3. The molecule has 1 amide bonds. The fourth-order valence-corrected chi connectivity index (χ4v) is 4.89. The van der Waals surface area contributed by atoms with Crippen molar-refractivity contribution in [1.82, 2.24) is 10.3 Å². The number of benzene rings is 2. The number of amides is 1. The molecule has 2 heterocycles. The zero-order valence-electron chi connectivity index (χ0n) is 24.6. The Morgan fingerprint density at radius 3 is 2.45 bits per heavy atom. The molecule has 1 aromatic heterocycles. The molecule has 1 aliphatic heterocycles. The van der Waals surface area contributed by atoms with Gasteiger partial charge in [0.05, 0.1) is 11.8 Å². The van der Waals surface area contributed by atoms with Gasteiger partial charge in [-0.15, -0.1) is 0 Å². The highest BCUT2D eigenvalue weighted by molar-refractivity contribution is 7.85. The summed E-state index contributed by atoms with van der Waals surface area (Å²) in [7, 11) is -3.67. The number of carbonyl (C=O) groups is 1. The maximum atomic E-state index is 13.2. The lowest BCUT2D eigenvalue weighted by molar-refractivity contribution is 0.0967. The minimum Gasteiger partial charge on any atom is -0.481 e. The Labute approximate surface area is 248 Å². The van der Waals surface area contributed by atoms with E-state index in [2.05, 4.69) is 47.2 Å². The zero-order valence-corrected chi connectivity index (χ0v) is 25.4. The molecule has 0 fully saturated rings. The van der Waals surface area contributed by atoms with Crippen LogP contribution < -0.4 is 15.0 Å². The van der Waals surface area contributed by atoms with Crippen LogP contribution in [0.2, 0.25) is 0 Å². The van der Waals surface area contributed by atoms with Gasteiger partial charge in [-0.25, -0.2) is 0 Å². The predicted molar refractivity (Wildman–Crippen MR) is 170 cm³/mol. The topological polar surface area (TPSA) is 109 Å². The maximum absolute atomic E-state index is 13.2. The van der Waals surface area contributed by atoms with Crippen molar-refractivity contribution in [3.63, 3.8) is 0 Å². The van der Waals surface area contributed by atoms with Crippen molar-refractivity contribution in [3.05, 3.63) is 95.4 Å². The van der Waals surface area contributed by atoms with E-state index in [9.17, 15) is 13.2 Å². The van der Waals surface area contributed by atoms with Gasteiger partial charge in [-0.05, 0) is 80.5 Å². The quantitative estimate of drug-likeness (QED) is 0.275. The Kier molecular flexibility index (Phi) is 10.2. The van der Waals surface area contributed by atoms with Crippen molar-refractivity contribution in [2.45, 2.75) is 52.6 Å². The molecule has 1 atom stereocenters. The third-order valence-corrected chi connectivity index (χ3v) is 6.98. The average Bonchev–Trinajstić information content (AvgIpc) is 3.15. The van der Waals surface area contributed by atoms with Crippen molar-refractivity contribution in [1.29, 1.82) is 0 Å². The standard InChI is InChI=1S/C32H35N3O2.CH4O3S/c1-4-6-17-35(18-7-5-2)26-14-16-31-28(21-26)27-20-25(9-8-10-30(27)37-31)34-32(36)24-13-15-29-23(19-24)12-11-22(3)33-29;1-5(2,3)4/h8-16,19-21,30H,4-7,17-18H2,1-3H3,(H,34,36);1H3,(H,2,3,4). The van der Waals surface area contributed by atoms with Crippen molar-refractivity contribution in [2.24, 2.45) is 0 Å². The number of aryl methyl sites for hydroxylation is 1. The lowest BCUT2D eigenvalue weighted by Gasteiger charge is -2.25. The van der Waals surface area contributed by atoms with E-state index in [0.29, 0.717) is 11.8 Å². The van der Waals surface area contributed by atoms with Crippen LogP contribution in [0.3, 0.4) is 0 Å². The van der Waals surface area contributed by atoms with E-state index in [1.807, 2.05) is 61.6 Å². The molecule has 3 aromatic rings. The number of carbonyl (C=O) groups excluding carboxylic acids is 1. The second kappa shape index (κ2) is 13.8. The smallest absolute Gasteiger partial charge is 0.261 e. The third-order valence-electron chi connectivity index (χ3n) is 6.98. The molecule has 1 unspecified atom stereocenters. The Bertz CT molecular complexity index is 1630. The summed E-state index contributed by atoms with van der Waals surface area (Å²) in [4.78, 5) is 20.2. The number of aromatic nitrogens is 1. The number of rotatable bonds is 9. The number of unbranched alkanes of at least 4 members (excludes halogenated alkanes) is 2. The molecule has 0 saturated heterocycles. The number of anilines is 1. The molecule has 222 valence electrons. The fraction of sp³-hybridized carbons (Fsp3) is 0.333. The first-order valence-corrected chi connectivity index (χ1v) is 16.2. The fourth-order valence-electron chi connectivity index (χ4n) is 4.89. The first-order chi connectivity index (χ1) is 20.1. The van der Waals surface area contributed by atoms with Crippen LogP contribution in [0.1, 0.15) is 61.1 Å². The third kappa shape index (κ3) is 8.30. The number of fused-ring (bicyclic) bond motifs is 4. The Morgan fingerprint density at radius 2 is 1.76 bits per heavy atom. The van der Waals surface area contributed by atoms with Crippen LogP contribution >= 0.6 is 0 Å². The first-order valence-electron chi connectivity index (χ1n) is 14.3. The average molecular weight is 590 g/mol. The van der Waals surface area contributed by atoms with Gasteiger partial charge < -0.3 is 15.0 Å². The summed E-state index contributed by atoms with van der Waals surface area (Å²) in [6.07, 6.45) is 13.2. The van der Waals surface area contributed by atoms with Gasteiger partial charge in [0.25, 0.3) is 16.0 Å². The Balaban J connectivity index is 0.000000748. The SMILES string of the molecule is CCCCN(CCCC)c1ccc2c(c1)C1=CC(NC(=O)c3ccc4nc(C)ccc4c3)=CC=CC1O2.CS(=O)(=O)O. The normalized spacial score (nSPS) is 15.3. The van der Waals surface area contributed by atoms with E-state index < -0.39 is 10.1 Å². The van der Waals surface area contributed by atoms with Crippen LogP contribution in [0, 0.1) is 6.92 Å². The number of nitrogens with one attached hydrogen (secondary N) is 1. The molecule has 2 aromatic carbocycles. The molecule has 0 radical (unpaired) electrons. The molecule has 1 aliphatic carbocycles. The number of hydrogen-bond acceptors (Lipinski definition) is 6. The number of hydrogen-bond donors (Lipinski definition) is 2. The molecule has 0 bridgehead atoms. The monoisotopic (exact) mass is 589 g/mol. The van der Waals surface area contributed by atoms with E-state index in [0.717, 1.165) is 52.3 Å². The molecule has 0 saturated carbocycles. The van der Waals surface area contributed by atoms with Crippen molar-refractivity contribution in [3.8, 4) is 5.75 Å². The highest BCUT2D eigenvalue weighted by Crippen LogP contribution is 2.41. The van der Waals surface area contributed by atoms with Crippen LogP contribution in [0.25, 0.3) is 16.5 Å². The second-order valence-electron chi connectivity index (χ2n) is 10.6. The predicted octanol–water partition coefficient (Wildman–Crippen LogP) is 6.48. The largest absolute Gasteiger partial charge is 0.481 e. The van der Waals surface area contributed by atoms with Crippen molar-refractivity contribution < 1.29 is 22.5 Å². The summed E-state index contributed by atoms with van der Waals surface area (Å²) in [5.74, 6) is 0.746. The highest BCUT2D eigenvalue weighted by atomic mass is 32.2. The number of ether oxygens (including phenoxy) is 1. The maximum Gasteiger partial charge on any atom is 0.261 e. The van der Waals surface area contributed by atoms with Gasteiger partial charge in [0.15, 0.2) is 0 Å². The van der Waals surface area contributed by atoms with Gasteiger partial charge in [-0.2, -0.15) is 8.42 Å². The van der Waals surface area contributed by atoms with Crippen LogP contribution in [0.5, 0.6) is 5.75 Å². The molecule has 0 spiro atoms. The Morgan fingerprint density at radius 1 is 1.05 bits per heavy atom. The first kappa shape index (κ1) is 31.0. The summed E-state index contributed by atoms with van der Waals surface area (Å²) >= 11 is 0. The molecule has 2 aliphatic rings. The van der Waals surface area contributed by atoms with Gasteiger partial charge in [-0.1, -0.05) is 38.8 Å². The summed E-state index contributed by atoms with van der Waals surface area (Å²) < 4.78 is 32.1. The molecule has 9 heteroatoms. The van der Waals surface area contributed by atoms with Crippen LogP contribution in [-0.4, -0.2) is 49.3 Å². The summed E-state index contributed by atoms with van der Waals surface area (Å²) in [6, 6.07) is 16.1. The summed E-state index contributed by atoms with van der Waals surface area (Å²) in [5, 5.41) is 4.05.